The molecule has 0 fully saturated rings. The molecule has 0 radical (unpaired) electrons. The van der Waals surface area contributed by atoms with Crippen LogP contribution in [0.4, 0.5) is 0 Å². The Balaban J connectivity index is 1.99. The maximum absolute atomic E-state index is 6.36. The van der Waals surface area contributed by atoms with Crippen LogP contribution in [0.3, 0.4) is 0 Å². The van der Waals surface area contributed by atoms with Crippen molar-refractivity contribution >= 4 is 22.9 Å². The van der Waals surface area contributed by atoms with E-state index in [1.165, 1.54) is 5.01 Å². The zero-order chi connectivity index (χ0) is 16.1. The molecule has 0 bridgehead atoms. The van der Waals surface area contributed by atoms with Crippen LogP contribution in [-0.4, -0.2) is 19.2 Å². The lowest BCUT2D eigenvalue weighted by molar-refractivity contribution is 0.354. The second kappa shape index (κ2) is 7.81. The number of thiazole rings is 1. The Labute approximate surface area is 140 Å². The maximum Gasteiger partial charge on any atom is 0.179 e. The highest BCUT2D eigenvalue weighted by molar-refractivity contribution is 7.09. The molecule has 4 nitrogen and oxygen atoms in total. The molecule has 0 aliphatic heterocycles. The quantitative estimate of drug-likeness (QED) is 0.819. The molecule has 0 saturated carbocycles. The van der Waals surface area contributed by atoms with Gasteiger partial charge in [0.05, 0.1) is 29.9 Å². The molecule has 2 aromatic rings. The van der Waals surface area contributed by atoms with Gasteiger partial charge in [-0.25, -0.2) is 4.98 Å². The Morgan fingerprint density at radius 1 is 1.23 bits per heavy atom. The molecule has 0 aliphatic rings. The lowest BCUT2D eigenvalue weighted by Crippen LogP contribution is -2.13. The third kappa shape index (κ3) is 3.91. The lowest BCUT2D eigenvalue weighted by Gasteiger charge is -2.13. The number of aromatic nitrogens is 1. The highest BCUT2D eigenvalue weighted by atomic mass is 35.5. The first-order valence-corrected chi connectivity index (χ1v) is 8.37. The van der Waals surface area contributed by atoms with Crippen LogP contribution >= 0.6 is 22.9 Å². The van der Waals surface area contributed by atoms with E-state index in [0.717, 1.165) is 11.3 Å². The normalized spacial score (nSPS) is 11.0. The Kier molecular flexibility index (Phi) is 6.06. The van der Waals surface area contributed by atoms with E-state index < -0.39 is 0 Å². The summed E-state index contributed by atoms with van der Waals surface area (Å²) >= 11 is 8.07. The van der Waals surface area contributed by atoms with E-state index in [0.29, 0.717) is 35.5 Å². The summed E-state index contributed by atoms with van der Waals surface area (Å²) in [5.74, 6) is 1.68. The van der Waals surface area contributed by atoms with Crippen LogP contribution in [0.5, 0.6) is 11.5 Å². The smallest absolute Gasteiger partial charge is 0.179 e. The predicted octanol–water partition coefficient (Wildman–Crippen LogP) is 4.23. The molecule has 0 atom stereocenters. The molecule has 0 amide bonds. The zero-order valence-corrected chi connectivity index (χ0v) is 14.8. The van der Waals surface area contributed by atoms with Crippen LogP contribution in [0, 0.1) is 0 Å². The van der Waals surface area contributed by atoms with Crippen molar-refractivity contribution in [2.75, 3.05) is 14.2 Å². The number of rotatable bonds is 7. The van der Waals surface area contributed by atoms with Crippen molar-refractivity contribution in [2.24, 2.45) is 0 Å². The molecule has 1 aromatic carbocycles. The average molecular weight is 341 g/mol. The van der Waals surface area contributed by atoms with Gasteiger partial charge in [0.25, 0.3) is 0 Å². The maximum atomic E-state index is 6.36. The number of nitrogens with one attached hydrogen (secondary N) is 1. The van der Waals surface area contributed by atoms with Crippen molar-refractivity contribution in [1.29, 1.82) is 0 Å². The summed E-state index contributed by atoms with van der Waals surface area (Å²) < 4.78 is 10.5. The van der Waals surface area contributed by atoms with Gasteiger partial charge in [0.15, 0.2) is 11.5 Å². The first-order chi connectivity index (χ1) is 10.6. The van der Waals surface area contributed by atoms with Crippen molar-refractivity contribution in [2.45, 2.75) is 32.9 Å². The van der Waals surface area contributed by atoms with Crippen LogP contribution in [-0.2, 0) is 13.1 Å². The number of hydrogen-bond donors (Lipinski definition) is 1. The molecule has 1 heterocycles. The van der Waals surface area contributed by atoms with E-state index in [1.807, 2.05) is 12.1 Å². The SMILES string of the molecule is COc1ccc(CNCc2csc(C(C)C)n2)c(Cl)c1OC. The van der Waals surface area contributed by atoms with Gasteiger partial charge in [0.1, 0.15) is 0 Å². The third-order valence-electron chi connectivity index (χ3n) is 3.25. The number of nitrogens with zero attached hydrogens (tertiary/aromatic N) is 1. The molecule has 0 saturated heterocycles. The summed E-state index contributed by atoms with van der Waals surface area (Å²) in [7, 11) is 3.18. The average Bonchev–Trinajstić information content (AvgIpc) is 2.97. The van der Waals surface area contributed by atoms with Gasteiger partial charge in [-0.05, 0) is 11.6 Å². The molecule has 1 aromatic heterocycles. The number of hydrogen-bond acceptors (Lipinski definition) is 5. The fourth-order valence-electron chi connectivity index (χ4n) is 2.06. The van der Waals surface area contributed by atoms with Gasteiger partial charge in [0, 0.05) is 24.4 Å². The second-order valence-corrected chi connectivity index (χ2v) is 6.48. The molecule has 6 heteroatoms. The molecular formula is C16H21ClN2O2S. The van der Waals surface area contributed by atoms with Crippen molar-refractivity contribution in [3.63, 3.8) is 0 Å². The summed E-state index contributed by atoms with van der Waals surface area (Å²) in [6.45, 7) is 5.67. The fraction of sp³-hybridized carbons (Fsp3) is 0.438. The van der Waals surface area contributed by atoms with Crippen LogP contribution in [0.2, 0.25) is 5.02 Å². The van der Waals surface area contributed by atoms with Gasteiger partial charge in [-0.3, -0.25) is 0 Å². The molecule has 1 N–H and O–H groups in total. The van der Waals surface area contributed by atoms with E-state index >= 15 is 0 Å². The predicted molar refractivity (Wildman–Crippen MR) is 91.3 cm³/mol. The van der Waals surface area contributed by atoms with Crippen molar-refractivity contribution in [3.05, 3.63) is 38.8 Å². The van der Waals surface area contributed by atoms with E-state index in [-0.39, 0.29) is 0 Å². The molecule has 0 unspecified atom stereocenters. The monoisotopic (exact) mass is 340 g/mol. The summed E-state index contributed by atoms with van der Waals surface area (Å²) in [6, 6.07) is 3.80. The Morgan fingerprint density at radius 2 is 2.00 bits per heavy atom. The molecule has 22 heavy (non-hydrogen) atoms. The minimum Gasteiger partial charge on any atom is -0.493 e. The molecule has 0 spiro atoms. The second-order valence-electron chi connectivity index (χ2n) is 5.21. The van der Waals surface area contributed by atoms with Gasteiger partial charge < -0.3 is 14.8 Å². The van der Waals surface area contributed by atoms with E-state index in [2.05, 4.69) is 29.5 Å². The summed E-state index contributed by atoms with van der Waals surface area (Å²) in [6.07, 6.45) is 0. The van der Waals surface area contributed by atoms with Crippen LogP contribution in [0.25, 0.3) is 0 Å². The van der Waals surface area contributed by atoms with Gasteiger partial charge in [-0.1, -0.05) is 31.5 Å². The van der Waals surface area contributed by atoms with Crippen LogP contribution in [0.1, 0.15) is 36.0 Å². The van der Waals surface area contributed by atoms with Crippen LogP contribution < -0.4 is 14.8 Å². The first-order valence-electron chi connectivity index (χ1n) is 7.11. The van der Waals surface area contributed by atoms with Crippen molar-refractivity contribution < 1.29 is 9.47 Å². The number of benzene rings is 1. The molecule has 120 valence electrons. The lowest BCUT2D eigenvalue weighted by atomic mass is 10.2. The van der Waals surface area contributed by atoms with Gasteiger partial charge in [-0.15, -0.1) is 11.3 Å². The topological polar surface area (TPSA) is 43.4 Å². The molecule has 2 rings (SSSR count). The largest absolute Gasteiger partial charge is 0.493 e. The highest BCUT2D eigenvalue weighted by Crippen LogP contribution is 2.37. The molecular weight excluding hydrogens is 320 g/mol. The standard InChI is InChI=1S/C16H21ClN2O2S/c1-10(2)16-19-12(9-22-16)8-18-7-11-5-6-13(20-3)15(21-4)14(11)17/h5-6,9-10,18H,7-8H2,1-4H3. The fourth-order valence-corrected chi connectivity index (χ4v) is 3.20. The first kappa shape index (κ1) is 17.1. The van der Waals surface area contributed by atoms with E-state index in [9.17, 15) is 0 Å². The van der Waals surface area contributed by atoms with Crippen molar-refractivity contribution in [3.8, 4) is 11.5 Å². The van der Waals surface area contributed by atoms with Gasteiger partial charge in [0.2, 0.25) is 0 Å². The number of halogens is 1. The Morgan fingerprint density at radius 3 is 2.59 bits per heavy atom. The zero-order valence-electron chi connectivity index (χ0n) is 13.3. The third-order valence-corrected chi connectivity index (χ3v) is 4.86. The van der Waals surface area contributed by atoms with Gasteiger partial charge >= 0.3 is 0 Å². The number of methoxy groups -OCH3 is 2. The van der Waals surface area contributed by atoms with E-state index in [4.69, 9.17) is 21.1 Å². The number of ether oxygens (including phenoxy) is 2. The summed E-state index contributed by atoms with van der Waals surface area (Å²) in [5, 5.41) is 7.21. The summed E-state index contributed by atoms with van der Waals surface area (Å²) in [5.41, 5.74) is 2.03. The van der Waals surface area contributed by atoms with E-state index in [1.54, 1.807) is 25.6 Å². The minimum absolute atomic E-state index is 0.471. The minimum atomic E-state index is 0.471. The highest BCUT2D eigenvalue weighted by Gasteiger charge is 2.13. The Bertz CT molecular complexity index is 629. The molecule has 0 aliphatic carbocycles. The van der Waals surface area contributed by atoms with Crippen molar-refractivity contribution in [1.82, 2.24) is 10.3 Å². The summed E-state index contributed by atoms with van der Waals surface area (Å²) in [4.78, 5) is 4.60. The Hall–Kier alpha value is -1.30. The van der Waals surface area contributed by atoms with Gasteiger partial charge in [-0.2, -0.15) is 0 Å². The van der Waals surface area contributed by atoms with Crippen LogP contribution in [0.15, 0.2) is 17.5 Å².